The first kappa shape index (κ1) is 12.9. The lowest BCUT2D eigenvalue weighted by molar-refractivity contribution is 0.173. The Morgan fingerprint density at radius 1 is 1.44 bits per heavy atom. The molecular formula is C12H21N3O. The SMILES string of the molecule is COC[C@H](C)NCCNc1ccncc1C. The highest BCUT2D eigenvalue weighted by atomic mass is 16.5. The summed E-state index contributed by atoms with van der Waals surface area (Å²) in [7, 11) is 1.72. The van der Waals surface area contributed by atoms with Gasteiger partial charge in [0.25, 0.3) is 0 Å². The first-order chi connectivity index (χ1) is 7.74. The molecule has 0 spiro atoms. The van der Waals surface area contributed by atoms with Crippen LogP contribution in [0.3, 0.4) is 0 Å². The van der Waals surface area contributed by atoms with Gasteiger partial charge in [-0.2, -0.15) is 0 Å². The van der Waals surface area contributed by atoms with E-state index < -0.39 is 0 Å². The minimum Gasteiger partial charge on any atom is -0.383 e. The predicted molar refractivity (Wildman–Crippen MR) is 66.8 cm³/mol. The van der Waals surface area contributed by atoms with E-state index in [-0.39, 0.29) is 0 Å². The van der Waals surface area contributed by atoms with Crippen molar-refractivity contribution in [2.24, 2.45) is 0 Å². The van der Waals surface area contributed by atoms with Gasteiger partial charge in [0, 0.05) is 44.3 Å². The Bertz CT molecular complexity index is 304. The highest BCUT2D eigenvalue weighted by Crippen LogP contribution is 2.10. The van der Waals surface area contributed by atoms with Gasteiger partial charge in [-0.3, -0.25) is 4.98 Å². The summed E-state index contributed by atoms with van der Waals surface area (Å²) in [5, 5.41) is 6.74. The number of rotatable bonds is 7. The van der Waals surface area contributed by atoms with E-state index in [1.54, 1.807) is 13.3 Å². The number of aromatic nitrogens is 1. The molecule has 0 aromatic carbocycles. The van der Waals surface area contributed by atoms with Gasteiger partial charge in [-0.1, -0.05) is 0 Å². The van der Waals surface area contributed by atoms with Gasteiger partial charge in [-0.05, 0) is 25.5 Å². The van der Waals surface area contributed by atoms with Crippen molar-refractivity contribution in [2.45, 2.75) is 19.9 Å². The molecule has 0 radical (unpaired) electrons. The molecule has 0 saturated heterocycles. The molecule has 2 N–H and O–H groups in total. The summed E-state index contributed by atoms with van der Waals surface area (Å²) in [6, 6.07) is 2.39. The Hall–Kier alpha value is -1.13. The van der Waals surface area contributed by atoms with Crippen LogP contribution in [0.2, 0.25) is 0 Å². The van der Waals surface area contributed by atoms with Crippen LogP contribution in [-0.4, -0.2) is 37.8 Å². The van der Waals surface area contributed by atoms with Crippen molar-refractivity contribution in [3.63, 3.8) is 0 Å². The molecule has 1 aromatic heterocycles. The molecule has 1 rings (SSSR count). The second kappa shape index (κ2) is 7.19. The van der Waals surface area contributed by atoms with Gasteiger partial charge < -0.3 is 15.4 Å². The van der Waals surface area contributed by atoms with E-state index >= 15 is 0 Å². The summed E-state index contributed by atoms with van der Waals surface area (Å²) < 4.78 is 5.05. The number of hydrogen-bond acceptors (Lipinski definition) is 4. The van der Waals surface area contributed by atoms with E-state index in [2.05, 4.69) is 29.5 Å². The van der Waals surface area contributed by atoms with Crippen LogP contribution in [0.5, 0.6) is 0 Å². The van der Waals surface area contributed by atoms with Crippen LogP contribution in [0, 0.1) is 6.92 Å². The van der Waals surface area contributed by atoms with Gasteiger partial charge in [0.1, 0.15) is 0 Å². The summed E-state index contributed by atoms with van der Waals surface area (Å²) in [6.07, 6.45) is 3.67. The quantitative estimate of drug-likeness (QED) is 0.686. The number of nitrogens with one attached hydrogen (secondary N) is 2. The van der Waals surface area contributed by atoms with Gasteiger partial charge in [-0.15, -0.1) is 0 Å². The van der Waals surface area contributed by atoms with Gasteiger partial charge in [0.15, 0.2) is 0 Å². The minimum atomic E-state index is 0.394. The second-order valence-corrected chi connectivity index (χ2v) is 3.93. The molecule has 1 heterocycles. The fraction of sp³-hybridized carbons (Fsp3) is 0.583. The van der Waals surface area contributed by atoms with Crippen molar-refractivity contribution in [3.05, 3.63) is 24.0 Å². The Morgan fingerprint density at radius 2 is 2.25 bits per heavy atom. The maximum Gasteiger partial charge on any atom is 0.0613 e. The fourth-order valence-corrected chi connectivity index (χ4v) is 1.50. The van der Waals surface area contributed by atoms with Gasteiger partial charge in [0.05, 0.1) is 6.61 Å². The third-order valence-electron chi connectivity index (χ3n) is 2.37. The summed E-state index contributed by atoms with van der Waals surface area (Å²) in [5.41, 5.74) is 2.32. The molecule has 0 fully saturated rings. The van der Waals surface area contributed by atoms with Crippen molar-refractivity contribution < 1.29 is 4.74 Å². The van der Waals surface area contributed by atoms with Crippen LogP contribution in [0.1, 0.15) is 12.5 Å². The average Bonchev–Trinajstić information content (AvgIpc) is 2.27. The molecule has 0 bridgehead atoms. The third kappa shape index (κ3) is 4.59. The number of pyridine rings is 1. The number of anilines is 1. The van der Waals surface area contributed by atoms with E-state index in [9.17, 15) is 0 Å². The highest BCUT2D eigenvalue weighted by molar-refractivity contribution is 5.48. The zero-order valence-corrected chi connectivity index (χ0v) is 10.3. The fourth-order valence-electron chi connectivity index (χ4n) is 1.50. The van der Waals surface area contributed by atoms with Crippen LogP contribution in [0.25, 0.3) is 0 Å². The van der Waals surface area contributed by atoms with Crippen LogP contribution in [0.15, 0.2) is 18.5 Å². The van der Waals surface area contributed by atoms with Crippen LogP contribution < -0.4 is 10.6 Å². The minimum absolute atomic E-state index is 0.394. The summed E-state index contributed by atoms with van der Waals surface area (Å²) >= 11 is 0. The maximum atomic E-state index is 5.05. The van der Waals surface area contributed by atoms with Crippen molar-refractivity contribution >= 4 is 5.69 Å². The Kier molecular flexibility index (Phi) is 5.82. The summed E-state index contributed by atoms with van der Waals surface area (Å²) in [5.74, 6) is 0. The van der Waals surface area contributed by atoms with E-state index in [0.29, 0.717) is 6.04 Å². The predicted octanol–water partition coefficient (Wildman–Crippen LogP) is 1.43. The number of ether oxygens (including phenoxy) is 1. The van der Waals surface area contributed by atoms with Crippen molar-refractivity contribution in [1.29, 1.82) is 0 Å². The zero-order chi connectivity index (χ0) is 11.8. The normalized spacial score (nSPS) is 12.4. The molecule has 0 amide bonds. The molecule has 4 nitrogen and oxygen atoms in total. The first-order valence-corrected chi connectivity index (χ1v) is 5.61. The van der Waals surface area contributed by atoms with Crippen LogP contribution >= 0.6 is 0 Å². The van der Waals surface area contributed by atoms with E-state index in [1.165, 1.54) is 5.56 Å². The molecule has 0 aliphatic carbocycles. The average molecular weight is 223 g/mol. The highest BCUT2D eigenvalue weighted by Gasteiger charge is 1.99. The molecule has 4 heteroatoms. The lowest BCUT2D eigenvalue weighted by Crippen LogP contribution is -2.33. The monoisotopic (exact) mass is 223 g/mol. The first-order valence-electron chi connectivity index (χ1n) is 5.61. The van der Waals surface area contributed by atoms with Crippen molar-refractivity contribution in [1.82, 2.24) is 10.3 Å². The molecule has 16 heavy (non-hydrogen) atoms. The van der Waals surface area contributed by atoms with Crippen LogP contribution in [-0.2, 0) is 4.74 Å². The topological polar surface area (TPSA) is 46.2 Å². The number of methoxy groups -OCH3 is 1. The number of aryl methyl sites for hydroxylation is 1. The Balaban J connectivity index is 2.19. The van der Waals surface area contributed by atoms with Gasteiger partial charge in [0.2, 0.25) is 0 Å². The van der Waals surface area contributed by atoms with E-state index in [4.69, 9.17) is 4.74 Å². The van der Waals surface area contributed by atoms with Crippen LogP contribution in [0.4, 0.5) is 5.69 Å². The third-order valence-corrected chi connectivity index (χ3v) is 2.37. The standard InChI is InChI=1S/C12H21N3O/c1-10-8-13-5-4-12(10)15-7-6-14-11(2)9-16-3/h4-5,8,11,14H,6-7,9H2,1-3H3,(H,13,15)/t11-/m0/s1. The molecule has 90 valence electrons. The lowest BCUT2D eigenvalue weighted by atomic mass is 10.2. The van der Waals surface area contributed by atoms with Gasteiger partial charge >= 0.3 is 0 Å². The maximum absolute atomic E-state index is 5.05. The largest absolute Gasteiger partial charge is 0.383 e. The number of nitrogens with zero attached hydrogens (tertiary/aromatic N) is 1. The molecular weight excluding hydrogens is 202 g/mol. The molecule has 0 saturated carbocycles. The molecule has 0 unspecified atom stereocenters. The molecule has 0 aliphatic rings. The Labute approximate surface area is 97.4 Å². The van der Waals surface area contributed by atoms with Crippen molar-refractivity contribution in [2.75, 3.05) is 32.1 Å². The Morgan fingerprint density at radius 3 is 2.94 bits per heavy atom. The molecule has 1 aromatic rings. The lowest BCUT2D eigenvalue weighted by Gasteiger charge is -2.14. The molecule has 1 atom stereocenters. The van der Waals surface area contributed by atoms with Crippen molar-refractivity contribution in [3.8, 4) is 0 Å². The second-order valence-electron chi connectivity index (χ2n) is 3.93. The summed E-state index contributed by atoms with van der Waals surface area (Å²) in [6.45, 7) is 6.73. The molecule has 0 aliphatic heterocycles. The number of hydrogen-bond donors (Lipinski definition) is 2. The summed E-state index contributed by atoms with van der Waals surface area (Å²) in [4.78, 5) is 4.05. The van der Waals surface area contributed by atoms with E-state index in [0.717, 1.165) is 25.4 Å². The van der Waals surface area contributed by atoms with Gasteiger partial charge in [-0.25, -0.2) is 0 Å². The van der Waals surface area contributed by atoms with E-state index in [1.807, 2.05) is 12.3 Å². The smallest absolute Gasteiger partial charge is 0.0613 e. The zero-order valence-electron chi connectivity index (χ0n) is 10.3.